The molecule has 1 atom stereocenters. The van der Waals surface area contributed by atoms with Crippen molar-refractivity contribution in [1.82, 2.24) is 5.32 Å². The molecule has 1 aliphatic heterocycles. The van der Waals surface area contributed by atoms with E-state index in [4.69, 9.17) is 0 Å². The summed E-state index contributed by atoms with van der Waals surface area (Å²) in [6.45, 7) is 2.11. The molecule has 1 heterocycles. The molecule has 1 saturated heterocycles. The molecule has 0 unspecified atom stereocenters. The van der Waals surface area contributed by atoms with E-state index in [2.05, 4.69) is 10.6 Å². The molecular weight excluding hydrogens is 179 g/mol. The lowest BCUT2D eigenvalue weighted by Crippen LogP contribution is -2.38. The molecule has 0 aromatic heterocycles. The molecule has 3 heteroatoms. The van der Waals surface area contributed by atoms with Gasteiger partial charge in [0.2, 0.25) is 0 Å². The van der Waals surface area contributed by atoms with Crippen LogP contribution in [0.4, 0.5) is 10.1 Å². The summed E-state index contributed by atoms with van der Waals surface area (Å²) in [4.78, 5) is 0. The Balaban J connectivity index is 1.92. The Morgan fingerprint density at radius 1 is 1.29 bits per heavy atom. The highest BCUT2D eigenvalue weighted by Gasteiger charge is 2.11. The average molecular weight is 194 g/mol. The summed E-state index contributed by atoms with van der Waals surface area (Å²) in [5.74, 6) is -0.183. The molecule has 2 rings (SSSR count). The molecule has 1 aromatic carbocycles. The first kappa shape index (κ1) is 9.46. The summed E-state index contributed by atoms with van der Waals surface area (Å²) in [7, 11) is 0. The summed E-state index contributed by atoms with van der Waals surface area (Å²) in [5.41, 5.74) is 1.00. The molecule has 1 fully saturated rings. The topological polar surface area (TPSA) is 24.1 Å². The molecule has 0 aliphatic carbocycles. The average Bonchev–Trinajstić information content (AvgIpc) is 2.23. The predicted octanol–water partition coefficient (Wildman–Crippen LogP) is 1.99. The monoisotopic (exact) mass is 194 g/mol. The third kappa shape index (κ3) is 2.45. The number of halogens is 1. The van der Waals surface area contributed by atoms with Gasteiger partial charge in [-0.15, -0.1) is 0 Å². The molecule has 0 bridgehead atoms. The first-order chi connectivity index (χ1) is 6.84. The molecule has 1 aromatic rings. The van der Waals surface area contributed by atoms with E-state index in [-0.39, 0.29) is 5.82 Å². The van der Waals surface area contributed by atoms with Crippen molar-refractivity contribution in [2.45, 2.75) is 18.9 Å². The van der Waals surface area contributed by atoms with Gasteiger partial charge in [-0.1, -0.05) is 0 Å². The Bertz CT molecular complexity index is 278. The van der Waals surface area contributed by atoms with E-state index < -0.39 is 0 Å². The Morgan fingerprint density at radius 2 is 2.07 bits per heavy atom. The van der Waals surface area contributed by atoms with Crippen molar-refractivity contribution in [3.8, 4) is 0 Å². The van der Waals surface area contributed by atoms with Crippen molar-refractivity contribution < 1.29 is 4.39 Å². The molecule has 2 N–H and O–H groups in total. The second-order valence-corrected chi connectivity index (χ2v) is 3.69. The summed E-state index contributed by atoms with van der Waals surface area (Å²) in [6.07, 6.45) is 2.39. The molecule has 0 radical (unpaired) electrons. The number of nitrogens with one attached hydrogen (secondary N) is 2. The lowest BCUT2D eigenvalue weighted by molar-refractivity contribution is 0.480. The lowest BCUT2D eigenvalue weighted by atomic mass is 10.1. The van der Waals surface area contributed by atoms with Crippen LogP contribution in [-0.4, -0.2) is 19.1 Å². The largest absolute Gasteiger partial charge is 0.381 e. The van der Waals surface area contributed by atoms with Crippen LogP contribution >= 0.6 is 0 Å². The first-order valence-electron chi connectivity index (χ1n) is 5.07. The third-order valence-electron chi connectivity index (χ3n) is 2.51. The molecule has 76 valence electrons. The second-order valence-electron chi connectivity index (χ2n) is 3.69. The lowest BCUT2D eigenvalue weighted by Gasteiger charge is -2.24. The van der Waals surface area contributed by atoms with E-state index in [1.165, 1.54) is 25.0 Å². The fraction of sp³-hybridized carbons (Fsp3) is 0.455. The number of hydrogen-bond acceptors (Lipinski definition) is 2. The zero-order chi connectivity index (χ0) is 9.80. The van der Waals surface area contributed by atoms with Crippen LogP contribution in [0, 0.1) is 5.82 Å². The van der Waals surface area contributed by atoms with Gasteiger partial charge in [0.25, 0.3) is 0 Å². The number of anilines is 1. The van der Waals surface area contributed by atoms with Gasteiger partial charge in [0.1, 0.15) is 5.82 Å². The maximum absolute atomic E-state index is 12.6. The number of benzene rings is 1. The fourth-order valence-electron chi connectivity index (χ4n) is 1.76. The summed E-state index contributed by atoms with van der Waals surface area (Å²) < 4.78 is 12.6. The van der Waals surface area contributed by atoms with Crippen molar-refractivity contribution in [2.75, 3.05) is 18.4 Å². The van der Waals surface area contributed by atoms with Gasteiger partial charge in [-0.25, -0.2) is 4.39 Å². The zero-order valence-corrected chi connectivity index (χ0v) is 8.09. The summed E-state index contributed by atoms with van der Waals surface area (Å²) in [5, 5.41) is 6.71. The minimum atomic E-state index is -0.183. The number of rotatable bonds is 2. The second kappa shape index (κ2) is 4.42. The Kier molecular flexibility index (Phi) is 2.99. The van der Waals surface area contributed by atoms with Crippen LogP contribution in [-0.2, 0) is 0 Å². The van der Waals surface area contributed by atoms with Crippen LogP contribution in [0.5, 0.6) is 0 Å². The number of hydrogen-bond donors (Lipinski definition) is 2. The van der Waals surface area contributed by atoms with Crippen LogP contribution in [0.3, 0.4) is 0 Å². The molecule has 0 spiro atoms. The highest BCUT2D eigenvalue weighted by Crippen LogP contribution is 2.12. The smallest absolute Gasteiger partial charge is 0.123 e. The summed E-state index contributed by atoms with van der Waals surface area (Å²) >= 11 is 0. The van der Waals surface area contributed by atoms with Gasteiger partial charge in [-0.05, 0) is 43.7 Å². The van der Waals surface area contributed by atoms with E-state index in [1.54, 1.807) is 12.1 Å². The Hall–Kier alpha value is -1.09. The van der Waals surface area contributed by atoms with E-state index in [1.807, 2.05) is 0 Å². The quantitative estimate of drug-likeness (QED) is 0.752. The molecule has 0 saturated carbocycles. The van der Waals surface area contributed by atoms with Crippen LogP contribution in [0.15, 0.2) is 24.3 Å². The standard InChI is InChI=1S/C11H15FN2/c12-9-3-5-10(6-4-9)14-11-2-1-7-13-8-11/h3-6,11,13-14H,1-2,7-8H2/t11-/m0/s1. The minimum absolute atomic E-state index is 0.183. The normalized spacial score (nSPS) is 21.9. The molecule has 1 aliphatic rings. The van der Waals surface area contributed by atoms with E-state index in [0.717, 1.165) is 18.8 Å². The van der Waals surface area contributed by atoms with Crippen LogP contribution < -0.4 is 10.6 Å². The van der Waals surface area contributed by atoms with Crippen LogP contribution in [0.2, 0.25) is 0 Å². The highest BCUT2D eigenvalue weighted by atomic mass is 19.1. The highest BCUT2D eigenvalue weighted by molar-refractivity contribution is 5.43. The van der Waals surface area contributed by atoms with Gasteiger partial charge in [-0.2, -0.15) is 0 Å². The maximum atomic E-state index is 12.6. The van der Waals surface area contributed by atoms with Gasteiger partial charge in [-0.3, -0.25) is 0 Å². The Labute approximate surface area is 83.5 Å². The van der Waals surface area contributed by atoms with Gasteiger partial charge < -0.3 is 10.6 Å². The first-order valence-corrected chi connectivity index (χ1v) is 5.07. The molecule has 2 nitrogen and oxygen atoms in total. The minimum Gasteiger partial charge on any atom is -0.381 e. The number of piperidine rings is 1. The van der Waals surface area contributed by atoms with Gasteiger partial charge in [0, 0.05) is 18.3 Å². The van der Waals surface area contributed by atoms with Gasteiger partial charge in [0.05, 0.1) is 0 Å². The van der Waals surface area contributed by atoms with Crippen molar-refractivity contribution in [1.29, 1.82) is 0 Å². The predicted molar refractivity (Wildman–Crippen MR) is 55.9 cm³/mol. The van der Waals surface area contributed by atoms with Crippen molar-refractivity contribution in [2.24, 2.45) is 0 Å². The van der Waals surface area contributed by atoms with E-state index >= 15 is 0 Å². The van der Waals surface area contributed by atoms with Crippen molar-refractivity contribution >= 4 is 5.69 Å². The van der Waals surface area contributed by atoms with Crippen molar-refractivity contribution in [3.05, 3.63) is 30.1 Å². The van der Waals surface area contributed by atoms with Crippen LogP contribution in [0.25, 0.3) is 0 Å². The molecular formula is C11H15FN2. The zero-order valence-electron chi connectivity index (χ0n) is 8.09. The Morgan fingerprint density at radius 3 is 2.71 bits per heavy atom. The fourth-order valence-corrected chi connectivity index (χ4v) is 1.76. The van der Waals surface area contributed by atoms with Gasteiger partial charge in [0.15, 0.2) is 0 Å². The SMILES string of the molecule is Fc1ccc(N[C@H]2CCCNC2)cc1. The van der Waals surface area contributed by atoms with Crippen molar-refractivity contribution in [3.63, 3.8) is 0 Å². The van der Waals surface area contributed by atoms with Crippen LogP contribution in [0.1, 0.15) is 12.8 Å². The van der Waals surface area contributed by atoms with E-state index in [0.29, 0.717) is 6.04 Å². The summed E-state index contributed by atoms with van der Waals surface area (Å²) in [6, 6.07) is 7.01. The van der Waals surface area contributed by atoms with E-state index in [9.17, 15) is 4.39 Å². The third-order valence-corrected chi connectivity index (χ3v) is 2.51. The molecule has 0 amide bonds. The molecule has 14 heavy (non-hydrogen) atoms. The maximum Gasteiger partial charge on any atom is 0.123 e. The van der Waals surface area contributed by atoms with Gasteiger partial charge >= 0.3 is 0 Å².